The topological polar surface area (TPSA) is 86.5 Å². The third-order valence-electron chi connectivity index (χ3n) is 10.6. The second-order valence-electron chi connectivity index (χ2n) is 13.7. The minimum Gasteiger partial charge on any atom is -0.391 e. The summed E-state index contributed by atoms with van der Waals surface area (Å²) in [6.45, 7) is 12.6. The standard InChI is InChI=1S/C43H50N6O.C2H6.CH4/c1-31(33-13-19-37(20-14-33)49-27-23-41(44)43(49)30-42(45)35-9-5-4-6-10-35)29-39-11-7-24-48(39)38-21-25-47(26-22-38)36-17-15-34(16-18-36)40(12-8-28-50)32(2)46-3;1-2;/h4-7,9-10,13-20,23-24,27-28,30-31,38-40,44-46H,2,8,11-12,21-22,25-26,29H2,1,3H3;1-2H3;1H4/b43-30+,44-41?,45-42?;;. The van der Waals surface area contributed by atoms with Gasteiger partial charge in [-0.05, 0) is 97.3 Å². The highest BCUT2D eigenvalue weighted by Crippen LogP contribution is 2.35. The molecule has 280 valence electrons. The molecule has 3 aromatic rings. The lowest BCUT2D eigenvalue weighted by Crippen LogP contribution is -2.45. The minimum absolute atomic E-state index is 0. The molecule has 3 unspecified atom stereocenters. The molecule has 0 radical (unpaired) electrons. The zero-order valence-electron chi connectivity index (χ0n) is 31.4. The largest absolute Gasteiger partial charge is 0.391 e. The van der Waals surface area contributed by atoms with Gasteiger partial charge in [0.2, 0.25) is 0 Å². The van der Waals surface area contributed by atoms with Crippen molar-refractivity contribution in [1.29, 1.82) is 10.8 Å². The van der Waals surface area contributed by atoms with Gasteiger partial charge in [-0.3, -0.25) is 5.41 Å². The molecule has 0 bridgehead atoms. The number of aldehydes is 1. The minimum atomic E-state index is 0. The Morgan fingerprint density at radius 2 is 1.58 bits per heavy atom. The van der Waals surface area contributed by atoms with Crippen LogP contribution in [0.15, 0.2) is 127 Å². The number of hydrogen-bond acceptors (Lipinski definition) is 7. The molecule has 7 heteroatoms. The first-order chi connectivity index (χ1) is 25.4. The Labute approximate surface area is 318 Å². The van der Waals surface area contributed by atoms with E-state index >= 15 is 0 Å². The molecule has 0 aliphatic carbocycles. The molecule has 7 nitrogen and oxygen atoms in total. The van der Waals surface area contributed by atoms with Gasteiger partial charge in [-0.15, -0.1) is 0 Å². The summed E-state index contributed by atoms with van der Waals surface area (Å²) in [6.07, 6.45) is 17.0. The van der Waals surface area contributed by atoms with Crippen LogP contribution in [0.5, 0.6) is 0 Å². The molecule has 1 fully saturated rings. The predicted molar refractivity (Wildman–Crippen MR) is 226 cm³/mol. The van der Waals surface area contributed by atoms with Gasteiger partial charge in [0.05, 0.1) is 17.1 Å². The number of anilines is 2. The first-order valence-electron chi connectivity index (χ1n) is 19.0. The maximum atomic E-state index is 11.0. The average Bonchev–Trinajstić information content (AvgIpc) is 3.82. The van der Waals surface area contributed by atoms with Gasteiger partial charge in [-0.1, -0.05) is 95.5 Å². The van der Waals surface area contributed by atoms with Crippen molar-refractivity contribution in [3.05, 3.63) is 144 Å². The summed E-state index contributed by atoms with van der Waals surface area (Å²) in [6, 6.07) is 28.3. The molecule has 3 aromatic carbocycles. The van der Waals surface area contributed by atoms with Crippen LogP contribution >= 0.6 is 0 Å². The fourth-order valence-corrected chi connectivity index (χ4v) is 7.67. The van der Waals surface area contributed by atoms with Crippen LogP contribution in [0.4, 0.5) is 11.4 Å². The van der Waals surface area contributed by atoms with E-state index in [9.17, 15) is 4.79 Å². The normalized spacial score (nSPS) is 18.6. The zero-order valence-corrected chi connectivity index (χ0v) is 31.4. The highest BCUT2D eigenvalue weighted by atomic mass is 16.1. The summed E-state index contributed by atoms with van der Waals surface area (Å²) in [5.74, 6) is 0.552. The zero-order chi connectivity index (χ0) is 37.0. The summed E-state index contributed by atoms with van der Waals surface area (Å²) >= 11 is 0. The molecule has 1 saturated heterocycles. The molecule has 0 saturated carbocycles. The summed E-state index contributed by atoms with van der Waals surface area (Å²) in [4.78, 5) is 18.2. The van der Waals surface area contributed by atoms with Crippen molar-refractivity contribution < 1.29 is 4.79 Å². The molecule has 3 aliphatic heterocycles. The first kappa shape index (κ1) is 40.6. The van der Waals surface area contributed by atoms with Crippen LogP contribution in [0.25, 0.3) is 0 Å². The summed E-state index contributed by atoms with van der Waals surface area (Å²) in [7, 11) is 1.89. The molecular weight excluding hydrogens is 653 g/mol. The van der Waals surface area contributed by atoms with Crippen molar-refractivity contribution >= 4 is 29.1 Å². The van der Waals surface area contributed by atoms with E-state index in [0.29, 0.717) is 41.5 Å². The van der Waals surface area contributed by atoms with E-state index < -0.39 is 0 Å². The van der Waals surface area contributed by atoms with Crippen molar-refractivity contribution in [3.8, 4) is 0 Å². The van der Waals surface area contributed by atoms with E-state index in [-0.39, 0.29) is 13.3 Å². The Morgan fingerprint density at radius 3 is 2.23 bits per heavy atom. The molecule has 6 rings (SSSR count). The molecule has 3 N–H and O–H groups in total. The predicted octanol–water partition coefficient (Wildman–Crippen LogP) is 10.2. The summed E-state index contributed by atoms with van der Waals surface area (Å²) in [5, 5.41) is 20.2. The number of piperidine rings is 1. The Morgan fingerprint density at radius 1 is 0.943 bits per heavy atom. The fraction of sp³-hybridized carbons (Fsp3) is 0.370. The molecule has 0 amide bonds. The van der Waals surface area contributed by atoms with Crippen LogP contribution in [-0.4, -0.2) is 54.8 Å². The highest BCUT2D eigenvalue weighted by Gasteiger charge is 2.31. The van der Waals surface area contributed by atoms with Gasteiger partial charge in [0, 0.05) is 67.8 Å². The Hall–Kier alpha value is -5.17. The summed E-state index contributed by atoms with van der Waals surface area (Å²) < 4.78 is 0. The maximum Gasteiger partial charge on any atom is 0.120 e. The molecular formula is C46H60N6O. The van der Waals surface area contributed by atoms with Crippen LogP contribution in [0, 0.1) is 10.8 Å². The van der Waals surface area contributed by atoms with Gasteiger partial charge in [0.1, 0.15) is 6.29 Å². The SMILES string of the molecule is C.C=C(NC)C(CCC=O)c1ccc(N2CCC(N3C=CCC3CC(C)c3ccc(N4C=CC(=N)/C4=C\C(=N)c4ccccc4)cc3)CC2)cc1.CC. The summed E-state index contributed by atoms with van der Waals surface area (Å²) in [5.41, 5.74) is 8.10. The van der Waals surface area contributed by atoms with Gasteiger partial charge in [0.25, 0.3) is 0 Å². The quantitative estimate of drug-likeness (QED) is 0.114. The molecule has 0 aromatic heterocycles. The Bertz CT molecular complexity index is 1750. The van der Waals surface area contributed by atoms with Crippen LogP contribution in [0.1, 0.15) is 95.2 Å². The number of rotatable bonds is 14. The molecule has 0 spiro atoms. The van der Waals surface area contributed by atoms with E-state index in [1.165, 1.54) is 16.8 Å². The third-order valence-corrected chi connectivity index (χ3v) is 10.6. The van der Waals surface area contributed by atoms with Crippen molar-refractivity contribution in [2.24, 2.45) is 0 Å². The number of carbonyl (C=O) groups excluding carboxylic acids is 1. The van der Waals surface area contributed by atoms with Crippen LogP contribution in [0.3, 0.4) is 0 Å². The van der Waals surface area contributed by atoms with Crippen molar-refractivity contribution in [2.75, 3.05) is 29.9 Å². The second kappa shape index (κ2) is 19.6. The van der Waals surface area contributed by atoms with E-state index in [4.69, 9.17) is 10.8 Å². The van der Waals surface area contributed by atoms with Gasteiger partial charge in [-0.2, -0.15) is 0 Å². The number of nitrogens with one attached hydrogen (secondary N) is 3. The lowest BCUT2D eigenvalue weighted by Gasteiger charge is -2.41. The number of benzene rings is 3. The molecule has 53 heavy (non-hydrogen) atoms. The van der Waals surface area contributed by atoms with Gasteiger partial charge in [0.15, 0.2) is 0 Å². The first-order valence-corrected chi connectivity index (χ1v) is 19.0. The lowest BCUT2D eigenvalue weighted by atomic mass is 9.91. The van der Waals surface area contributed by atoms with E-state index in [0.717, 1.165) is 68.4 Å². The smallest absolute Gasteiger partial charge is 0.120 e. The van der Waals surface area contributed by atoms with Crippen LogP contribution in [0.2, 0.25) is 0 Å². The van der Waals surface area contributed by atoms with Crippen molar-refractivity contribution in [3.63, 3.8) is 0 Å². The van der Waals surface area contributed by atoms with Gasteiger partial charge >= 0.3 is 0 Å². The third kappa shape index (κ3) is 9.83. The van der Waals surface area contributed by atoms with Crippen LogP contribution in [-0.2, 0) is 4.79 Å². The van der Waals surface area contributed by atoms with Gasteiger partial charge in [-0.25, -0.2) is 0 Å². The highest BCUT2D eigenvalue weighted by molar-refractivity contribution is 6.18. The van der Waals surface area contributed by atoms with E-state index in [1.54, 1.807) is 12.2 Å². The molecule has 3 atom stereocenters. The number of carbonyl (C=O) groups is 1. The molecule has 3 aliphatic rings. The number of likely N-dealkylation sites (N-methyl/N-ethyl adjacent to an activating group) is 1. The van der Waals surface area contributed by atoms with Crippen LogP contribution < -0.4 is 15.1 Å². The van der Waals surface area contributed by atoms with E-state index in [1.807, 2.05) is 62.3 Å². The van der Waals surface area contributed by atoms with E-state index in [2.05, 4.69) is 89.4 Å². The number of nitrogens with zero attached hydrogens (tertiary/aromatic N) is 3. The average molecular weight is 713 g/mol. The lowest BCUT2D eigenvalue weighted by molar-refractivity contribution is -0.108. The fourth-order valence-electron chi connectivity index (χ4n) is 7.67. The maximum absolute atomic E-state index is 11.0. The Balaban J connectivity index is 0.00000206. The van der Waals surface area contributed by atoms with Crippen molar-refractivity contribution in [1.82, 2.24) is 10.2 Å². The second-order valence-corrected chi connectivity index (χ2v) is 13.7. The Kier molecular flexibility index (Phi) is 15.0. The van der Waals surface area contributed by atoms with Gasteiger partial charge < -0.3 is 30.2 Å². The number of allylic oxidation sites excluding steroid dienone is 3. The molecule has 3 heterocycles. The number of hydrogen-bond donors (Lipinski definition) is 3. The monoisotopic (exact) mass is 712 g/mol. The van der Waals surface area contributed by atoms with Crippen molar-refractivity contribution in [2.45, 2.75) is 90.6 Å².